The van der Waals surface area contributed by atoms with E-state index >= 15 is 0 Å². The van der Waals surface area contributed by atoms with Crippen molar-refractivity contribution in [3.05, 3.63) is 48.2 Å². The number of anilines is 3. The molecule has 8 nitrogen and oxygen atoms in total. The lowest BCUT2D eigenvalue weighted by molar-refractivity contribution is 0.304. The van der Waals surface area contributed by atoms with Crippen LogP contribution >= 0.6 is 0 Å². The van der Waals surface area contributed by atoms with Gasteiger partial charge in [-0.15, -0.1) is 0 Å². The number of hydrogen-bond acceptors (Lipinski definition) is 7. The molecule has 0 aliphatic rings. The van der Waals surface area contributed by atoms with Crippen LogP contribution in [-0.4, -0.2) is 51.9 Å². The molecular weight excluding hydrogens is 344 g/mol. The summed E-state index contributed by atoms with van der Waals surface area (Å²) in [5.74, 6) is 1.95. The van der Waals surface area contributed by atoms with Crippen LogP contribution in [-0.2, 0) is 0 Å². The molecule has 2 N–H and O–H groups in total. The number of nitrogens with one attached hydrogen (secondary N) is 1. The lowest BCUT2D eigenvalue weighted by Gasteiger charge is -2.18. The summed E-state index contributed by atoms with van der Waals surface area (Å²) in [6.45, 7) is 4.42. The molecule has 0 saturated heterocycles. The number of hydrogen-bond donors (Lipinski definition) is 2. The van der Waals surface area contributed by atoms with Gasteiger partial charge >= 0.3 is 0 Å². The Morgan fingerprint density at radius 1 is 1.19 bits per heavy atom. The second kappa shape index (κ2) is 8.05. The molecule has 0 spiro atoms. The fourth-order valence-electron chi connectivity index (χ4n) is 2.72. The van der Waals surface area contributed by atoms with Crippen LogP contribution in [0.5, 0.6) is 5.75 Å². The molecule has 0 amide bonds. The minimum absolute atomic E-state index is 0.0642. The van der Waals surface area contributed by atoms with Crippen molar-refractivity contribution in [3.63, 3.8) is 0 Å². The summed E-state index contributed by atoms with van der Waals surface area (Å²) in [5, 5.41) is 12.4. The zero-order valence-electron chi connectivity index (χ0n) is 16.0. The Balaban J connectivity index is 1.87. The molecule has 0 aliphatic carbocycles. The van der Waals surface area contributed by atoms with E-state index in [4.69, 9.17) is 9.84 Å². The fraction of sp³-hybridized carbons (Fsp3) is 0.316. The number of methoxy groups -OCH3 is 1. The minimum Gasteiger partial charge on any atom is -0.494 e. The molecule has 27 heavy (non-hydrogen) atoms. The lowest BCUT2D eigenvalue weighted by Crippen LogP contribution is -2.22. The normalized spacial score (nSPS) is 10.7. The molecule has 0 atom stereocenters. The second-order valence-electron chi connectivity index (χ2n) is 6.27. The molecule has 8 heteroatoms. The molecular formula is C19H24N6O2. The van der Waals surface area contributed by atoms with Gasteiger partial charge in [0.15, 0.2) is 0 Å². The Bertz CT molecular complexity index is 924. The van der Waals surface area contributed by atoms with Crippen LogP contribution in [0.4, 0.5) is 17.5 Å². The molecule has 0 saturated carbocycles. The second-order valence-corrected chi connectivity index (χ2v) is 6.27. The molecule has 142 valence electrons. The number of aliphatic hydroxyl groups is 1. The zero-order chi connectivity index (χ0) is 19.4. The summed E-state index contributed by atoms with van der Waals surface area (Å²) >= 11 is 0. The Hall–Kier alpha value is -3.13. The van der Waals surface area contributed by atoms with Crippen LogP contribution in [0.25, 0.3) is 5.69 Å². The Kier molecular flexibility index (Phi) is 5.56. The van der Waals surface area contributed by atoms with Gasteiger partial charge < -0.3 is 24.6 Å². The third-order valence-corrected chi connectivity index (χ3v) is 4.09. The van der Waals surface area contributed by atoms with Gasteiger partial charge in [-0.05, 0) is 26.0 Å². The van der Waals surface area contributed by atoms with E-state index in [9.17, 15) is 0 Å². The molecule has 3 aromatic rings. The maximum atomic E-state index is 9.13. The van der Waals surface area contributed by atoms with Gasteiger partial charge in [0.25, 0.3) is 0 Å². The summed E-state index contributed by atoms with van der Waals surface area (Å²) in [5.41, 5.74) is 3.49. The molecule has 3 rings (SSSR count). The number of aromatic nitrogens is 4. The average Bonchev–Trinajstić information content (AvgIpc) is 3.07. The van der Waals surface area contributed by atoms with E-state index in [2.05, 4.69) is 20.3 Å². The van der Waals surface area contributed by atoms with Crippen LogP contribution in [0.3, 0.4) is 0 Å². The first-order chi connectivity index (χ1) is 13.0. The van der Waals surface area contributed by atoms with Crippen molar-refractivity contribution in [3.8, 4) is 11.4 Å². The summed E-state index contributed by atoms with van der Waals surface area (Å²) in [7, 11) is 3.52. The predicted octanol–water partition coefficient (Wildman–Crippen LogP) is 2.46. The molecule has 0 bridgehead atoms. The van der Waals surface area contributed by atoms with Gasteiger partial charge in [-0.1, -0.05) is 0 Å². The summed E-state index contributed by atoms with van der Waals surface area (Å²) in [4.78, 5) is 15.1. The number of imidazole rings is 1. The summed E-state index contributed by atoms with van der Waals surface area (Å²) < 4.78 is 7.46. The minimum atomic E-state index is 0.0642. The van der Waals surface area contributed by atoms with Crippen molar-refractivity contribution in [2.75, 3.05) is 37.5 Å². The highest BCUT2D eigenvalue weighted by Crippen LogP contribution is 2.28. The molecule has 1 aromatic carbocycles. The van der Waals surface area contributed by atoms with Gasteiger partial charge in [-0.3, -0.25) is 0 Å². The molecule has 2 heterocycles. The number of ether oxygens (including phenoxy) is 1. The monoisotopic (exact) mass is 368 g/mol. The predicted molar refractivity (Wildman–Crippen MR) is 105 cm³/mol. The topological polar surface area (TPSA) is 88.3 Å². The highest BCUT2D eigenvalue weighted by molar-refractivity contribution is 5.62. The van der Waals surface area contributed by atoms with Crippen LogP contribution < -0.4 is 15.0 Å². The maximum Gasteiger partial charge on any atom is 0.229 e. The molecule has 0 fully saturated rings. The summed E-state index contributed by atoms with van der Waals surface area (Å²) in [6.07, 6.45) is 3.70. The number of aliphatic hydroxyl groups excluding tert-OH is 1. The number of benzene rings is 1. The van der Waals surface area contributed by atoms with Crippen molar-refractivity contribution >= 4 is 17.5 Å². The van der Waals surface area contributed by atoms with Crippen LogP contribution in [0.1, 0.15) is 11.4 Å². The van der Waals surface area contributed by atoms with Gasteiger partial charge in [-0.2, -0.15) is 4.98 Å². The van der Waals surface area contributed by atoms with Gasteiger partial charge in [0, 0.05) is 43.3 Å². The van der Waals surface area contributed by atoms with Crippen LogP contribution in [0.2, 0.25) is 0 Å². The number of rotatable bonds is 7. The van der Waals surface area contributed by atoms with Crippen molar-refractivity contribution in [2.24, 2.45) is 0 Å². The highest BCUT2D eigenvalue weighted by Gasteiger charge is 2.10. The van der Waals surface area contributed by atoms with Crippen molar-refractivity contribution in [1.82, 2.24) is 19.5 Å². The third-order valence-electron chi connectivity index (χ3n) is 4.09. The van der Waals surface area contributed by atoms with E-state index in [-0.39, 0.29) is 6.61 Å². The van der Waals surface area contributed by atoms with E-state index in [0.29, 0.717) is 18.2 Å². The Labute approximate surface area is 158 Å². The Morgan fingerprint density at radius 3 is 2.67 bits per heavy atom. The largest absolute Gasteiger partial charge is 0.494 e. The Morgan fingerprint density at radius 2 is 2.00 bits per heavy atom. The maximum absolute atomic E-state index is 9.13. The van der Waals surface area contributed by atoms with E-state index in [0.717, 1.165) is 28.6 Å². The van der Waals surface area contributed by atoms with Gasteiger partial charge in [0.05, 0.1) is 31.4 Å². The molecule has 0 aliphatic heterocycles. The van der Waals surface area contributed by atoms with Crippen molar-refractivity contribution in [1.29, 1.82) is 0 Å². The third kappa shape index (κ3) is 4.35. The van der Waals surface area contributed by atoms with Gasteiger partial charge in [-0.25, -0.2) is 9.97 Å². The molecule has 0 unspecified atom stereocenters. The first-order valence-electron chi connectivity index (χ1n) is 8.64. The van der Waals surface area contributed by atoms with E-state index in [1.807, 2.05) is 60.8 Å². The fourth-order valence-corrected chi connectivity index (χ4v) is 2.72. The summed E-state index contributed by atoms with van der Waals surface area (Å²) in [6, 6.07) is 7.67. The van der Waals surface area contributed by atoms with E-state index in [1.54, 1.807) is 13.4 Å². The van der Waals surface area contributed by atoms with Crippen molar-refractivity contribution in [2.45, 2.75) is 13.8 Å². The first kappa shape index (κ1) is 18.7. The standard InChI is InChI=1S/C19H24N6O2/c1-13-9-18(24(3)7-8-26)23-19(21-13)22-15-5-6-16(17(10-15)27-4)25-11-14(2)20-12-25/h5-6,9-12,26H,7-8H2,1-4H3,(H,21,22,23). The number of nitrogens with zero attached hydrogens (tertiary/aromatic N) is 5. The van der Waals surface area contributed by atoms with E-state index < -0.39 is 0 Å². The van der Waals surface area contributed by atoms with Gasteiger partial charge in [0.1, 0.15) is 11.6 Å². The zero-order valence-corrected chi connectivity index (χ0v) is 16.0. The number of likely N-dealkylation sites (N-methyl/N-ethyl adjacent to an activating group) is 1. The van der Waals surface area contributed by atoms with Crippen LogP contribution in [0, 0.1) is 13.8 Å². The number of aryl methyl sites for hydroxylation is 2. The average molecular weight is 368 g/mol. The molecule has 0 radical (unpaired) electrons. The smallest absolute Gasteiger partial charge is 0.229 e. The SMILES string of the molecule is COc1cc(Nc2nc(C)cc(N(C)CCO)n2)ccc1-n1cnc(C)c1. The van der Waals surface area contributed by atoms with E-state index in [1.165, 1.54) is 0 Å². The molecule has 2 aromatic heterocycles. The lowest BCUT2D eigenvalue weighted by atomic mass is 10.2. The van der Waals surface area contributed by atoms with Crippen molar-refractivity contribution < 1.29 is 9.84 Å². The quantitative estimate of drug-likeness (QED) is 0.662. The first-order valence-corrected chi connectivity index (χ1v) is 8.64. The van der Waals surface area contributed by atoms with Gasteiger partial charge in [0.2, 0.25) is 5.95 Å². The highest BCUT2D eigenvalue weighted by atomic mass is 16.5. The van der Waals surface area contributed by atoms with Crippen LogP contribution in [0.15, 0.2) is 36.8 Å².